The fourth-order valence-corrected chi connectivity index (χ4v) is 2.18. The fourth-order valence-electron chi connectivity index (χ4n) is 1.81. The Bertz CT molecular complexity index is 722. The normalized spacial score (nSPS) is 10.5. The maximum absolute atomic E-state index is 12.0. The second-order valence-electron chi connectivity index (χ2n) is 4.14. The number of nitrogens with zero attached hydrogens (tertiary/aromatic N) is 2. The molecule has 1 heterocycles. The number of carbonyl (C=O) groups excluding carboxylic acids is 1. The Morgan fingerprint density at radius 2 is 2.11 bits per heavy atom. The van der Waals surface area contributed by atoms with Crippen LogP contribution in [0.2, 0.25) is 0 Å². The highest BCUT2D eigenvalue weighted by atomic mass is 79.9. The van der Waals surface area contributed by atoms with Crippen molar-refractivity contribution in [3.05, 3.63) is 50.3 Å². The summed E-state index contributed by atoms with van der Waals surface area (Å²) >= 11 is 3.43. The first-order valence-corrected chi connectivity index (χ1v) is 6.34. The highest BCUT2D eigenvalue weighted by Gasteiger charge is 2.14. The minimum absolute atomic E-state index is 0.112. The van der Waals surface area contributed by atoms with E-state index in [0.29, 0.717) is 5.82 Å². The Balaban J connectivity index is 2.72. The first-order valence-electron chi connectivity index (χ1n) is 5.54. The Kier molecular flexibility index (Phi) is 3.53. The second-order valence-corrected chi connectivity index (χ2v) is 4.99. The lowest BCUT2D eigenvalue weighted by atomic mass is 10.1. The smallest absolute Gasteiger partial charge is 0.266 e. The van der Waals surface area contributed by atoms with Crippen LogP contribution < -0.4 is 11.3 Å². The summed E-state index contributed by atoms with van der Waals surface area (Å²) in [6, 6.07) is 5.64. The SMILES string of the molecule is Cc1c(Br)cccc1-c1ncc(C(N)=O)c(=O)n1C. The van der Waals surface area contributed by atoms with E-state index in [0.717, 1.165) is 15.6 Å². The minimum atomic E-state index is -0.773. The lowest BCUT2D eigenvalue weighted by Gasteiger charge is -2.11. The standard InChI is InChI=1S/C13H12BrN3O2/c1-7-8(4-3-5-10(7)14)12-16-6-9(11(15)18)13(19)17(12)2/h3-6H,1-2H3,(H2,15,18). The van der Waals surface area contributed by atoms with Crippen LogP contribution in [0.4, 0.5) is 0 Å². The largest absolute Gasteiger partial charge is 0.365 e. The summed E-state index contributed by atoms with van der Waals surface area (Å²) in [6.07, 6.45) is 1.22. The molecule has 0 radical (unpaired) electrons. The van der Waals surface area contributed by atoms with E-state index in [4.69, 9.17) is 5.73 Å². The summed E-state index contributed by atoms with van der Waals surface area (Å²) in [5, 5.41) is 0. The van der Waals surface area contributed by atoms with Crippen LogP contribution >= 0.6 is 15.9 Å². The van der Waals surface area contributed by atoms with Gasteiger partial charge < -0.3 is 5.73 Å². The third-order valence-electron chi connectivity index (χ3n) is 2.94. The van der Waals surface area contributed by atoms with Crippen molar-refractivity contribution in [1.29, 1.82) is 0 Å². The molecule has 1 amide bonds. The number of halogens is 1. The van der Waals surface area contributed by atoms with Gasteiger partial charge in [-0.25, -0.2) is 4.98 Å². The summed E-state index contributed by atoms with van der Waals surface area (Å²) in [5.74, 6) is -0.278. The van der Waals surface area contributed by atoms with Crippen LogP contribution in [0.3, 0.4) is 0 Å². The number of hydrogen-bond acceptors (Lipinski definition) is 3. The van der Waals surface area contributed by atoms with Gasteiger partial charge in [-0.1, -0.05) is 28.1 Å². The number of rotatable bonds is 2. The Hall–Kier alpha value is -1.95. The Morgan fingerprint density at radius 3 is 2.74 bits per heavy atom. The molecule has 98 valence electrons. The average molecular weight is 322 g/mol. The van der Waals surface area contributed by atoms with Crippen molar-refractivity contribution in [2.75, 3.05) is 0 Å². The predicted molar refractivity (Wildman–Crippen MR) is 75.9 cm³/mol. The van der Waals surface area contributed by atoms with Gasteiger partial charge >= 0.3 is 0 Å². The van der Waals surface area contributed by atoms with Gasteiger partial charge in [0, 0.05) is 23.3 Å². The van der Waals surface area contributed by atoms with Crippen LogP contribution in [0.25, 0.3) is 11.4 Å². The molecule has 0 saturated heterocycles. The number of hydrogen-bond donors (Lipinski definition) is 1. The average Bonchev–Trinajstić information content (AvgIpc) is 2.36. The van der Waals surface area contributed by atoms with Crippen molar-refractivity contribution in [1.82, 2.24) is 9.55 Å². The first-order chi connectivity index (χ1) is 8.93. The molecule has 5 nitrogen and oxygen atoms in total. The van der Waals surface area contributed by atoms with Crippen LogP contribution in [0.5, 0.6) is 0 Å². The number of benzene rings is 1. The predicted octanol–water partition coefficient (Wildman–Crippen LogP) is 1.62. The maximum Gasteiger partial charge on any atom is 0.266 e. The molecular formula is C13H12BrN3O2. The van der Waals surface area contributed by atoms with E-state index in [1.807, 2.05) is 25.1 Å². The highest BCUT2D eigenvalue weighted by Crippen LogP contribution is 2.26. The van der Waals surface area contributed by atoms with Crippen molar-refractivity contribution in [2.24, 2.45) is 12.8 Å². The zero-order chi connectivity index (χ0) is 14.2. The molecule has 1 aromatic carbocycles. The van der Waals surface area contributed by atoms with Crippen molar-refractivity contribution >= 4 is 21.8 Å². The molecule has 0 unspecified atom stereocenters. The first kappa shape index (κ1) is 13.5. The van der Waals surface area contributed by atoms with Crippen molar-refractivity contribution in [3.8, 4) is 11.4 Å². The minimum Gasteiger partial charge on any atom is -0.365 e. The van der Waals surface area contributed by atoms with Gasteiger partial charge in [-0.3, -0.25) is 14.2 Å². The molecule has 0 atom stereocenters. The third-order valence-corrected chi connectivity index (χ3v) is 3.80. The number of nitrogens with two attached hydrogens (primary N) is 1. The zero-order valence-electron chi connectivity index (χ0n) is 10.5. The van der Waals surface area contributed by atoms with E-state index < -0.39 is 11.5 Å². The van der Waals surface area contributed by atoms with E-state index in [2.05, 4.69) is 20.9 Å². The van der Waals surface area contributed by atoms with Gasteiger partial charge in [-0.15, -0.1) is 0 Å². The number of aromatic nitrogens is 2. The Morgan fingerprint density at radius 1 is 1.42 bits per heavy atom. The van der Waals surface area contributed by atoms with Crippen molar-refractivity contribution in [3.63, 3.8) is 0 Å². The molecule has 0 aliphatic heterocycles. The molecule has 0 spiro atoms. The monoisotopic (exact) mass is 321 g/mol. The van der Waals surface area contributed by atoms with E-state index >= 15 is 0 Å². The van der Waals surface area contributed by atoms with Gasteiger partial charge in [-0.05, 0) is 18.6 Å². The fraction of sp³-hybridized carbons (Fsp3) is 0.154. The van der Waals surface area contributed by atoms with Crippen LogP contribution in [0, 0.1) is 6.92 Å². The van der Waals surface area contributed by atoms with Gasteiger partial charge in [0.2, 0.25) is 0 Å². The molecule has 0 bridgehead atoms. The van der Waals surface area contributed by atoms with Gasteiger partial charge in [0.05, 0.1) is 0 Å². The molecule has 2 N–H and O–H groups in total. The summed E-state index contributed by atoms with van der Waals surface area (Å²) < 4.78 is 2.26. The van der Waals surface area contributed by atoms with E-state index in [1.54, 1.807) is 7.05 Å². The van der Waals surface area contributed by atoms with Crippen LogP contribution in [-0.2, 0) is 7.05 Å². The molecular weight excluding hydrogens is 310 g/mol. The number of carbonyl (C=O) groups is 1. The third kappa shape index (κ3) is 2.31. The van der Waals surface area contributed by atoms with Crippen molar-refractivity contribution in [2.45, 2.75) is 6.92 Å². The van der Waals surface area contributed by atoms with Crippen LogP contribution in [0.1, 0.15) is 15.9 Å². The van der Waals surface area contributed by atoms with E-state index in [9.17, 15) is 9.59 Å². The van der Waals surface area contributed by atoms with E-state index in [1.165, 1.54) is 10.8 Å². The Labute approximate surface area is 118 Å². The molecule has 0 saturated carbocycles. The number of amides is 1. The lowest BCUT2D eigenvalue weighted by Crippen LogP contribution is -2.29. The molecule has 1 aromatic heterocycles. The zero-order valence-corrected chi connectivity index (χ0v) is 12.1. The van der Waals surface area contributed by atoms with Gasteiger partial charge in [0.25, 0.3) is 11.5 Å². The van der Waals surface area contributed by atoms with E-state index in [-0.39, 0.29) is 5.56 Å². The molecule has 2 aromatic rings. The molecule has 0 fully saturated rings. The highest BCUT2D eigenvalue weighted by molar-refractivity contribution is 9.10. The molecule has 19 heavy (non-hydrogen) atoms. The molecule has 6 heteroatoms. The molecule has 0 aliphatic rings. The summed E-state index contributed by atoms with van der Waals surface area (Å²) in [6.45, 7) is 1.92. The lowest BCUT2D eigenvalue weighted by molar-refractivity contribution is 0.0998. The summed E-state index contributed by atoms with van der Waals surface area (Å²) in [5.41, 5.74) is 6.36. The van der Waals surface area contributed by atoms with Crippen molar-refractivity contribution < 1.29 is 4.79 Å². The summed E-state index contributed by atoms with van der Waals surface area (Å²) in [4.78, 5) is 27.3. The summed E-state index contributed by atoms with van der Waals surface area (Å²) in [7, 11) is 1.57. The van der Waals surface area contributed by atoms with Gasteiger partial charge in [0.1, 0.15) is 11.4 Å². The second kappa shape index (κ2) is 4.97. The number of primary amides is 1. The topological polar surface area (TPSA) is 78.0 Å². The van der Waals surface area contributed by atoms with Crippen LogP contribution in [0.15, 0.2) is 33.7 Å². The molecule has 2 rings (SSSR count). The quantitative estimate of drug-likeness (QED) is 0.912. The van der Waals surface area contributed by atoms with Crippen LogP contribution in [-0.4, -0.2) is 15.5 Å². The molecule has 0 aliphatic carbocycles. The maximum atomic E-state index is 12.0. The van der Waals surface area contributed by atoms with Gasteiger partial charge in [-0.2, -0.15) is 0 Å². The van der Waals surface area contributed by atoms with Gasteiger partial charge in [0.15, 0.2) is 0 Å².